The Bertz CT molecular complexity index is 1140. The highest BCUT2D eigenvalue weighted by molar-refractivity contribution is 14.1. The molecule has 6 nitrogen and oxygen atoms in total. The molecule has 0 aromatic heterocycles. The van der Waals surface area contributed by atoms with Crippen LogP contribution in [0.5, 0.6) is 5.75 Å². The molecular weight excluding hydrogens is 555 g/mol. The van der Waals surface area contributed by atoms with Gasteiger partial charge in [0, 0.05) is 18.2 Å². The van der Waals surface area contributed by atoms with E-state index in [1.165, 1.54) is 6.92 Å². The summed E-state index contributed by atoms with van der Waals surface area (Å²) in [6.45, 7) is 4.99. The molecule has 0 aliphatic rings. The maximum atomic E-state index is 11.6. The third-order valence-corrected chi connectivity index (χ3v) is 6.11. The predicted molar refractivity (Wildman–Crippen MR) is 144 cm³/mol. The van der Waals surface area contributed by atoms with E-state index in [4.69, 9.17) is 19.5 Å². The van der Waals surface area contributed by atoms with Crippen LogP contribution in [0.2, 0.25) is 0 Å². The molecule has 3 rings (SSSR count). The maximum absolute atomic E-state index is 11.6. The molecule has 0 heterocycles. The molecule has 0 spiro atoms. The molecular formula is C28H29IN2O4. The second-order valence-electron chi connectivity index (χ2n) is 7.92. The number of hydrogen-bond acceptors (Lipinski definition) is 6. The van der Waals surface area contributed by atoms with Crippen LogP contribution in [0.4, 0.5) is 5.69 Å². The van der Waals surface area contributed by atoms with Crippen molar-refractivity contribution in [3.63, 3.8) is 0 Å². The zero-order valence-electron chi connectivity index (χ0n) is 19.9. The summed E-state index contributed by atoms with van der Waals surface area (Å²) in [4.78, 5) is 11.6. The van der Waals surface area contributed by atoms with Gasteiger partial charge in [-0.1, -0.05) is 37.3 Å². The smallest absolute Gasteiger partial charge is 0.302 e. The van der Waals surface area contributed by atoms with Crippen molar-refractivity contribution in [1.29, 1.82) is 5.26 Å². The first-order valence-electron chi connectivity index (χ1n) is 11.5. The lowest BCUT2D eigenvalue weighted by molar-refractivity contribution is -0.141. The highest BCUT2D eigenvalue weighted by Gasteiger charge is 2.21. The van der Waals surface area contributed by atoms with Crippen molar-refractivity contribution in [3.8, 4) is 11.8 Å². The quantitative estimate of drug-likeness (QED) is 0.159. The van der Waals surface area contributed by atoms with Crippen LogP contribution in [0.1, 0.15) is 42.1 Å². The van der Waals surface area contributed by atoms with Crippen LogP contribution in [0.15, 0.2) is 66.7 Å². The molecule has 182 valence electrons. The van der Waals surface area contributed by atoms with Gasteiger partial charge in [-0.3, -0.25) is 4.79 Å². The van der Waals surface area contributed by atoms with E-state index in [0.717, 1.165) is 38.1 Å². The molecule has 3 aromatic carbocycles. The number of nitrogens with one attached hydrogen (secondary N) is 1. The van der Waals surface area contributed by atoms with Crippen LogP contribution in [-0.4, -0.2) is 25.8 Å². The summed E-state index contributed by atoms with van der Waals surface area (Å²) >= 11 is 2.28. The Balaban J connectivity index is 1.79. The second-order valence-corrected chi connectivity index (χ2v) is 9.09. The number of aryl methyl sites for hydroxylation is 1. The molecule has 0 saturated heterocycles. The lowest BCUT2D eigenvalue weighted by Crippen LogP contribution is -2.21. The van der Waals surface area contributed by atoms with E-state index in [2.05, 4.69) is 53.0 Å². The number of ether oxygens (including phenoxy) is 3. The van der Waals surface area contributed by atoms with Gasteiger partial charge in [0.2, 0.25) is 0 Å². The fourth-order valence-corrected chi connectivity index (χ4v) is 4.37. The van der Waals surface area contributed by atoms with Gasteiger partial charge in [0.25, 0.3) is 0 Å². The van der Waals surface area contributed by atoms with Crippen LogP contribution in [0.3, 0.4) is 0 Å². The molecule has 1 unspecified atom stereocenters. The van der Waals surface area contributed by atoms with Crippen molar-refractivity contribution >= 4 is 34.2 Å². The number of anilines is 1. The van der Waals surface area contributed by atoms with Crippen LogP contribution in [0.25, 0.3) is 0 Å². The highest BCUT2D eigenvalue weighted by atomic mass is 127. The topological polar surface area (TPSA) is 80.6 Å². The summed E-state index contributed by atoms with van der Waals surface area (Å²) in [7, 11) is 0. The molecule has 1 atom stereocenters. The number of benzene rings is 3. The molecule has 0 fully saturated rings. The molecule has 0 aliphatic heterocycles. The third kappa shape index (κ3) is 8.26. The number of esters is 1. The Morgan fingerprint density at radius 3 is 2.46 bits per heavy atom. The van der Waals surface area contributed by atoms with Crippen LogP contribution in [-0.2, 0) is 27.3 Å². The minimum atomic E-state index is -0.352. The first kappa shape index (κ1) is 26.5. The number of nitrogens with zero attached hydrogens (tertiary/aromatic N) is 1. The van der Waals surface area contributed by atoms with Crippen molar-refractivity contribution in [2.24, 2.45) is 0 Å². The van der Waals surface area contributed by atoms with Gasteiger partial charge in [-0.15, -0.1) is 0 Å². The average molecular weight is 584 g/mol. The van der Waals surface area contributed by atoms with Gasteiger partial charge in [0.1, 0.15) is 19.0 Å². The molecule has 0 amide bonds. The normalized spacial score (nSPS) is 11.4. The van der Waals surface area contributed by atoms with E-state index in [1.807, 2.05) is 42.5 Å². The maximum Gasteiger partial charge on any atom is 0.302 e. The van der Waals surface area contributed by atoms with Crippen LogP contribution < -0.4 is 10.1 Å². The van der Waals surface area contributed by atoms with E-state index in [-0.39, 0.29) is 18.6 Å². The number of rotatable bonds is 12. The molecule has 0 aliphatic carbocycles. The van der Waals surface area contributed by atoms with Crippen molar-refractivity contribution in [2.45, 2.75) is 32.9 Å². The number of halogens is 1. The Morgan fingerprint density at radius 2 is 1.80 bits per heavy atom. The number of carbonyl (C=O) groups excluding carboxylic acids is 1. The molecule has 0 radical (unpaired) electrons. The van der Waals surface area contributed by atoms with Crippen LogP contribution in [0, 0.1) is 14.9 Å². The summed E-state index contributed by atoms with van der Waals surface area (Å²) in [6.07, 6.45) is 0.862. The fourth-order valence-electron chi connectivity index (χ4n) is 3.51. The number of nitriles is 1. The number of hydrogen-bond donors (Lipinski definition) is 1. The third-order valence-electron chi connectivity index (χ3n) is 5.31. The highest BCUT2D eigenvalue weighted by Crippen LogP contribution is 2.34. The first-order valence-corrected chi connectivity index (χ1v) is 12.5. The first-order chi connectivity index (χ1) is 17.0. The molecule has 1 N–H and O–H groups in total. The summed E-state index contributed by atoms with van der Waals surface area (Å²) in [5.74, 6) is 0.388. The average Bonchev–Trinajstić information content (AvgIpc) is 2.87. The van der Waals surface area contributed by atoms with E-state index in [9.17, 15) is 4.79 Å². The summed E-state index contributed by atoms with van der Waals surface area (Å²) in [5.41, 5.74) is 4.57. The van der Waals surface area contributed by atoms with Gasteiger partial charge in [0.05, 0.1) is 34.5 Å². The lowest BCUT2D eigenvalue weighted by atomic mass is 10.0. The molecule has 35 heavy (non-hydrogen) atoms. The molecule has 0 bridgehead atoms. The summed E-state index contributed by atoms with van der Waals surface area (Å²) < 4.78 is 18.4. The van der Waals surface area contributed by atoms with Crippen LogP contribution >= 0.6 is 22.6 Å². The Labute approximate surface area is 220 Å². The largest absolute Gasteiger partial charge is 0.490 e. The van der Waals surface area contributed by atoms with E-state index in [0.29, 0.717) is 25.4 Å². The van der Waals surface area contributed by atoms with E-state index < -0.39 is 0 Å². The Kier molecular flexibility index (Phi) is 10.4. The molecule has 3 aromatic rings. The van der Waals surface area contributed by atoms with Crippen molar-refractivity contribution in [2.75, 3.05) is 25.1 Å². The lowest BCUT2D eigenvalue weighted by Gasteiger charge is -2.24. The van der Waals surface area contributed by atoms with Gasteiger partial charge < -0.3 is 19.5 Å². The zero-order valence-corrected chi connectivity index (χ0v) is 22.1. The number of carbonyl (C=O) groups is 1. The van der Waals surface area contributed by atoms with Crippen molar-refractivity contribution < 1.29 is 19.0 Å². The van der Waals surface area contributed by atoms with E-state index >= 15 is 0 Å². The van der Waals surface area contributed by atoms with Crippen molar-refractivity contribution in [3.05, 3.63) is 92.6 Å². The fraction of sp³-hybridized carbons (Fsp3) is 0.286. The second kappa shape index (κ2) is 13.7. The van der Waals surface area contributed by atoms with Crippen molar-refractivity contribution in [1.82, 2.24) is 0 Å². The summed E-state index contributed by atoms with van der Waals surface area (Å²) in [6, 6.07) is 23.2. The summed E-state index contributed by atoms with van der Waals surface area (Å²) in [5, 5.41) is 12.5. The standard InChI is InChI=1S/C28H29IN2O4/c1-3-21-15-25(27(19-35-20(2)32)31-24-11-9-22(17-30)10-12-24)28(26(29)16-21)34-14-13-33-18-23-7-5-4-6-8-23/h4-12,15-16,27,31H,3,13-14,18-19H2,1-2H3. The predicted octanol–water partition coefficient (Wildman–Crippen LogP) is 6.04. The van der Waals surface area contributed by atoms with Gasteiger partial charge >= 0.3 is 5.97 Å². The minimum absolute atomic E-state index is 0.138. The monoisotopic (exact) mass is 584 g/mol. The molecule has 0 saturated carbocycles. The Hall–Kier alpha value is -3.09. The Morgan fingerprint density at radius 1 is 1.06 bits per heavy atom. The minimum Gasteiger partial charge on any atom is -0.490 e. The molecule has 7 heteroatoms. The van der Waals surface area contributed by atoms with Gasteiger partial charge in [-0.05, 0) is 76.5 Å². The van der Waals surface area contributed by atoms with Gasteiger partial charge in [0.15, 0.2) is 0 Å². The van der Waals surface area contributed by atoms with E-state index in [1.54, 1.807) is 12.1 Å². The SMILES string of the molecule is CCc1cc(I)c(OCCOCc2ccccc2)c(C(COC(C)=O)Nc2ccc(C#N)cc2)c1. The zero-order chi connectivity index (χ0) is 25.0. The van der Waals surface area contributed by atoms with Gasteiger partial charge in [-0.25, -0.2) is 0 Å². The van der Waals surface area contributed by atoms with Gasteiger partial charge in [-0.2, -0.15) is 5.26 Å².